The molecule has 1 fully saturated rings. The molecule has 1 aliphatic heterocycles. The molecule has 0 bridgehead atoms. The molecule has 4 heteroatoms. The summed E-state index contributed by atoms with van der Waals surface area (Å²) < 4.78 is 5.44. The Morgan fingerprint density at radius 1 is 1.50 bits per heavy atom. The topological polar surface area (TPSA) is 55.6 Å². The molecule has 116 valence electrons. The number of carbonyl (C=O) groups excluding carboxylic acids is 1. The van der Waals surface area contributed by atoms with Gasteiger partial charge in [0.25, 0.3) is 0 Å². The average Bonchev–Trinajstić information content (AvgIpc) is 2.33. The molecule has 0 saturated carbocycles. The molecule has 0 spiro atoms. The van der Waals surface area contributed by atoms with Crippen LogP contribution >= 0.6 is 0 Å². The normalized spacial score (nSPS) is 22.1. The van der Waals surface area contributed by atoms with Crippen LogP contribution in [0.2, 0.25) is 0 Å². The number of nitrogens with two attached hydrogens (primary N) is 1. The standard InChI is InChI=1S/C16H30N2O2/c1-13(17)8-5-6-9-14-10-7-11-18(12-14)15(19)20-16(2,3)4/h5,8,13-14H,6-7,9-12,17H2,1-4H3/b8-5+. The molecule has 2 N–H and O–H groups in total. The van der Waals surface area contributed by atoms with Crippen LogP contribution in [0.15, 0.2) is 12.2 Å². The van der Waals surface area contributed by atoms with E-state index in [0.29, 0.717) is 5.92 Å². The third kappa shape index (κ3) is 6.94. The van der Waals surface area contributed by atoms with Gasteiger partial charge in [0.2, 0.25) is 0 Å². The van der Waals surface area contributed by atoms with E-state index in [1.54, 1.807) is 0 Å². The highest BCUT2D eigenvalue weighted by Gasteiger charge is 2.27. The molecule has 1 aliphatic rings. The summed E-state index contributed by atoms with van der Waals surface area (Å²) in [5, 5.41) is 0. The number of allylic oxidation sites excluding steroid dienone is 1. The molecule has 4 nitrogen and oxygen atoms in total. The Balaban J connectivity index is 2.36. The van der Waals surface area contributed by atoms with Crippen molar-refractivity contribution in [2.45, 2.75) is 65.0 Å². The lowest BCUT2D eigenvalue weighted by Gasteiger charge is -2.34. The molecule has 0 radical (unpaired) electrons. The summed E-state index contributed by atoms with van der Waals surface area (Å²) in [6.45, 7) is 9.34. The first-order valence-electron chi connectivity index (χ1n) is 7.68. The van der Waals surface area contributed by atoms with Crippen molar-refractivity contribution in [2.75, 3.05) is 13.1 Å². The van der Waals surface area contributed by atoms with Gasteiger partial charge in [-0.15, -0.1) is 0 Å². The molecule has 0 aliphatic carbocycles. The molecule has 1 amide bonds. The number of carbonyl (C=O) groups is 1. The Bertz CT molecular complexity index is 332. The number of likely N-dealkylation sites (tertiary alicyclic amines) is 1. The highest BCUT2D eigenvalue weighted by Crippen LogP contribution is 2.22. The predicted molar refractivity (Wildman–Crippen MR) is 82.6 cm³/mol. The van der Waals surface area contributed by atoms with Crippen molar-refractivity contribution in [3.63, 3.8) is 0 Å². The number of hydrogen-bond acceptors (Lipinski definition) is 3. The van der Waals surface area contributed by atoms with Crippen molar-refractivity contribution in [3.05, 3.63) is 12.2 Å². The summed E-state index contributed by atoms with van der Waals surface area (Å²) >= 11 is 0. The van der Waals surface area contributed by atoms with E-state index in [1.807, 2.05) is 38.7 Å². The largest absolute Gasteiger partial charge is 0.444 e. The Kier molecular flexibility index (Phi) is 6.53. The van der Waals surface area contributed by atoms with Crippen molar-refractivity contribution >= 4 is 6.09 Å². The third-order valence-corrected chi connectivity index (χ3v) is 3.35. The van der Waals surface area contributed by atoms with E-state index < -0.39 is 5.60 Å². The second kappa shape index (κ2) is 7.67. The Morgan fingerprint density at radius 3 is 2.80 bits per heavy atom. The zero-order valence-corrected chi connectivity index (χ0v) is 13.4. The summed E-state index contributed by atoms with van der Waals surface area (Å²) in [6, 6.07) is 0.125. The minimum absolute atomic E-state index is 0.125. The van der Waals surface area contributed by atoms with Gasteiger partial charge in [0.05, 0.1) is 0 Å². The molecule has 0 aromatic heterocycles. The van der Waals surface area contributed by atoms with E-state index in [2.05, 4.69) is 6.08 Å². The Hall–Kier alpha value is -1.03. The molecule has 1 rings (SSSR count). The first kappa shape index (κ1) is 17.0. The number of nitrogens with zero attached hydrogens (tertiary/aromatic N) is 1. The molecule has 1 heterocycles. The van der Waals surface area contributed by atoms with Crippen molar-refractivity contribution in [3.8, 4) is 0 Å². The predicted octanol–water partition coefficient (Wildman–Crippen LogP) is 3.32. The van der Waals surface area contributed by atoms with Crippen LogP contribution in [0.1, 0.15) is 53.4 Å². The summed E-state index contributed by atoms with van der Waals surface area (Å²) in [4.78, 5) is 13.9. The molecule has 20 heavy (non-hydrogen) atoms. The first-order valence-corrected chi connectivity index (χ1v) is 7.68. The van der Waals surface area contributed by atoms with Gasteiger partial charge in [-0.2, -0.15) is 0 Å². The Labute approximate surface area is 123 Å². The van der Waals surface area contributed by atoms with Crippen LogP contribution in [-0.2, 0) is 4.74 Å². The van der Waals surface area contributed by atoms with Gasteiger partial charge in [-0.25, -0.2) is 4.79 Å². The molecular weight excluding hydrogens is 252 g/mol. The highest BCUT2D eigenvalue weighted by molar-refractivity contribution is 5.68. The molecule has 1 saturated heterocycles. The lowest BCUT2D eigenvalue weighted by Crippen LogP contribution is -2.42. The fraction of sp³-hybridized carbons (Fsp3) is 0.812. The molecule has 2 unspecified atom stereocenters. The van der Waals surface area contributed by atoms with E-state index in [1.165, 1.54) is 6.42 Å². The SMILES string of the molecule is CC(N)/C=C/CCC1CCCN(C(=O)OC(C)(C)C)C1. The number of hydrogen-bond donors (Lipinski definition) is 1. The summed E-state index contributed by atoms with van der Waals surface area (Å²) in [7, 11) is 0. The van der Waals surface area contributed by atoms with Gasteiger partial charge in [-0.05, 0) is 59.3 Å². The third-order valence-electron chi connectivity index (χ3n) is 3.35. The Morgan fingerprint density at radius 2 is 2.20 bits per heavy atom. The molecular formula is C16H30N2O2. The first-order chi connectivity index (χ1) is 9.28. The number of piperidine rings is 1. The van der Waals surface area contributed by atoms with Crippen molar-refractivity contribution in [1.29, 1.82) is 0 Å². The van der Waals surface area contributed by atoms with Gasteiger partial charge in [0.1, 0.15) is 5.60 Å². The van der Waals surface area contributed by atoms with Crippen molar-refractivity contribution in [2.24, 2.45) is 11.7 Å². The quantitative estimate of drug-likeness (QED) is 0.805. The lowest BCUT2D eigenvalue weighted by atomic mass is 9.93. The lowest BCUT2D eigenvalue weighted by molar-refractivity contribution is 0.0162. The van der Waals surface area contributed by atoms with Crippen LogP contribution in [0.5, 0.6) is 0 Å². The van der Waals surface area contributed by atoms with Crippen LogP contribution in [0, 0.1) is 5.92 Å². The monoisotopic (exact) mass is 282 g/mol. The van der Waals surface area contributed by atoms with E-state index in [-0.39, 0.29) is 12.1 Å². The minimum Gasteiger partial charge on any atom is -0.444 e. The maximum atomic E-state index is 12.1. The van der Waals surface area contributed by atoms with Crippen LogP contribution in [0.25, 0.3) is 0 Å². The zero-order chi connectivity index (χ0) is 15.2. The second-order valence-corrected chi connectivity index (χ2v) is 6.80. The van der Waals surface area contributed by atoms with Crippen LogP contribution in [0.3, 0.4) is 0 Å². The fourth-order valence-electron chi connectivity index (χ4n) is 2.44. The fourth-order valence-corrected chi connectivity index (χ4v) is 2.44. The van der Waals surface area contributed by atoms with E-state index in [9.17, 15) is 4.79 Å². The van der Waals surface area contributed by atoms with E-state index in [0.717, 1.165) is 32.4 Å². The van der Waals surface area contributed by atoms with Crippen LogP contribution in [0.4, 0.5) is 4.79 Å². The van der Waals surface area contributed by atoms with Gasteiger partial charge in [0.15, 0.2) is 0 Å². The second-order valence-electron chi connectivity index (χ2n) is 6.80. The van der Waals surface area contributed by atoms with Crippen LogP contribution < -0.4 is 5.73 Å². The summed E-state index contributed by atoms with van der Waals surface area (Å²) in [6.07, 6.45) is 8.43. The van der Waals surface area contributed by atoms with Crippen LogP contribution in [-0.4, -0.2) is 35.7 Å². The van der Waals surface area contributed by atoms with E-state index in [4.69, 9.17) is 10.5 Å². The average molecular weight is 282 g/mol. The maximum Gasteiger partial charge on any atom is 0.410 e. The van der Waals surface area contributed by atoms with Gasteiger partial charge in [0, 0.05) is 19.1 Å². The van der Waals surface area contributed by atoms with Gasteiger partial charge < -0.3 is 15.4 Å². The van der Waals surface area contributed by atoms with Gasteiger partial charge >= 0.3 is 6.09 Å². The molecule has 0 aromatic rings. The van der Waals surface area contributed by atoms with Crippen molar-refractivity contribution < 1.29 is 9.53 Å². The number of rotatable bonds is 4. The molecule has 2 atom stereocenters. The maximum absolute atomic E-state index is 12.1. The van der Waals surface area contributed by atoms with E-state index >= 15 is 0 Å². The highest BCUT2D eigenvalue weighted by atomic mass is 16.6. The zero-order valence-electron chi connectivity index (χ0n) is 13.4. The van der Waals surface area contributed by atoms with Gasteiger partial charge in [-0.1, -0.05) is 12.2 Å². The van der Waals surface area contributed by atoms with Crippen molar-refractivity contribution in [1.82, 2.24) is 4.90 Å². The summed E-state index contributed by atoms with van der Waals surface area (Å²) in [5.74, 6) is 0.578. The number of amides is 1. The van der Waals surface area contributed by atoms with Gasteiger partial charge in [-0.3, -0.25) is 0 Å². The minimum atomic E-state index is -0.413. The summed E-state index contributed by atoms with van der Waals surface area (Å²) in [5.41, 5.74) is 5.26. The smallest absolute Gasteiger partial charge is 0.410 e. The molecule has 0 aromatic carbocycles. The number of ether oxygens (including phenoxy) is 1.